The van der Waals surface area contributed by atoms with Gasteiger partial charge in [-0.3, -0.25) is 9.35 Å². The van der Waals surface area contributed by atoms with E-state index in [1.54, 1.807) is 0 Å². The Hall–Kier alpha value is -2.98. The molecule has 0 amide bonds. The van der Waals surface area contributed by atoms with Gasteiger partial charge in [-0.2, -0.15) is 8.42 Å². The highest BCUT2D eigenvalue weighted by Crippen LogP contribution is 2.26. The summed E-state index contributed by atoms with van der Waals surface area (Å²) in [7, 11) is -5.08. The van der Waals surface area contributed by atoms with Gasteiger partial charge in [0.15, 0.2) is 6.29 Å². The molecule has 0 bridgehead atoms. The Balaban J connectivity index is 2.42. The summed E-state index contributed by atoms with van der Waals surface area (Å²) in [6, 6.07) is 0. The molecule has 0 saturated carbocycles. The summed E-state index contributed by atoms with van der Waals surface area (Å²) in [6.07, 6.45) is 50.3. The van der Waals surface area contributed by atoms with Crippen molar-refractivity contribution < 1.29 is 56.2 Å². The van der Waals surface area contributed by atoms with E-state index in [1.807, 2.05) is 12.2 Å². The highest BCUT2D eigenvalue weighted by atomic mass is 32.3. The van der Waals surface area contributed by atoms with Crippen LogP contribution in [0.4, 0.5) is 0 Å². The van der Waals surface area contributed by atoms with Crippen molar-refractivity contribution in [2.24, 2.45) is 0 Å². The van der Waals surface area contributed by atoms with Crippen LogP contribution in [0.3, 0.4) is 0 Å². The molecule has 0 aliphatic carbocycles. The molecule has 1 heterocycles. The van der Waals surface area contributed by atoms with Crippen LogP contribution < -0.4 is 0 Å². The van der Waals surface area contributed by atoms with Crippen LogP contribution in [0, 0.1) is 0 Å². The van der Waals surface area contributed by atoms with Gasteiger partial charge in [0.1, 0.15) is 30.5 Å². The lowest BCUT2D eigenvalue weighted by Crippen LogP contribution is -2.60. The number of aliphatic hydroxyl groups excluding tert-OH is 3. The van der Waals surface area contributed by atoms with Gasteiger partial charge in [-0.05, 0) is 83.5 Å². The van der Waals surface area contributed by atoms with Crippen molar-refractivity contribution in [2.75, 3.05) is 26.4 Å². The van der Waals surface area contributed by atoms with Gasteiger partial charge in [0.05, 0.1) is 26.4 Å². The fourth-order valence-corrected chi connectivity index (χ4v) is 7.49. The summed E-state index contributed by atoms with van der Waals surface area (Å²) in [5, 5.41) is 30.7. The van der Waals surface area contributed by atoms with E-state index in [4.69, 9.17) is 18.9 Å². The molecule has 6 atom stereocenters. The number of esters is 1. The standard InChI is InChI=1S/C53H88O12S/c1-3-5-7-9-11-13-15-17-19-21-22-23-24-25-26-27-28-30-32-34-36-38-40-42-49(55)63-47(46-62-53-51(57)52(65-66(58,59)60)50(56)48(44-54)64-53)45-61-43-41-39-37-35-33-31-29-20-18-16-14-12-10-8-6-4-2/h6,8,12,14-15,17-18,20-22,24-25,31,33,37,39,47-48,50-54,56-57H,3-5,7,9-11,13,16,19,23,26-30,32,34-36,38,40-46H2,1-2H3,(H,58,59,60)/b8-6-,14-12-,17-15-,20-18-,22-21-,25-24-,33-31-,39-37-. The Morgan fingerprint density at radius 3 is 1.53 bits per heavy atom. The van der Waals surface area contributed by atoms with Crippen LogP contribution in [0.25, 0.3) is 0 Å². The van der Waals surface area contributed by atoms with E-state index in [2.05, 4.69) is 103 Å². The Kier molecular flexibility index (Phi) is 40.1. The predicted octanol–water partition coefficient (Wildman–Crippen LogP) is 11.4. The fraction of sp³-hybridized carbons (Fsp3) is 0.679. The molecule has 378 valence electrons. The molecule has 0 spiro atoms. The number of carbonyl (C=O) groups is 1. The first-order valence-electron chi connectivity index (χ1n) is 25.0. The second kappa shape index (κ2) is 43.3. The zero-order chi connectivity index (χ0) is 48.2. The maximum Gasteiger partial charge on any atom is 0.397 e. The summed E-state index contributed by atoms with van der Waals surface area (Å²) in [5.74, 6) is -0.435. The molecule has 4 N–H and O–H groups in total. The number of ether oxygens (including phenoxy) is 4. The molecule has 1 rings (SSSR count). The Morgan fingerprint density at radius 2 is 1.05 bits per heavy atom. The summed E-state index contributed by atoms with van der Waals surface area (Å²) in [5.41, 5.74) is 0. The van der Waals surface area contributed by atoms with Gasteiger partial charge in [-0.1, -0.05) is 175 Å². The minimum atomic E-state index is -5.08. The van der Waals surface area contributed by atoms with Crippen LogP contribution >= 0.6 is 0 Å². The average Bonchev–Trinajstić information content (AvgIpc) is 3.29. The second-order valence-corrected chi connectivity index (χ2v) is 17.7. The third-order valence-electron chi connectivity index (χ3n) is 10.7. The van der Waals surface area contributed by atoms with Gasteiger partial charge in [0.25, 0.3) is 0 Å². The van der Waals surface area contributed by atoms with Crippen molar-refractivity contribution in [3.8, 4) is 0 Å². The van der Waals surface area contributed by atoms with Crippen molar-refractivity contribution in [3.05, 3.63) is 97.2 Å². The zero-order valence-electron chi connectivity index (χ0n) is 40.5. The van der Waals surface area contributed by atoms with Crippen LogP contribution in [0.2, 0.25) is 0 Å². The van der Waals surface area contributed by atoms with Crippen LogP contribution in [0.15, 0.2) is 97.2 Å². The van der Waals surface area contributed by atoms with Gasteiger partial charge >= 0.3 is 16.4 Å². The van der Waals surface area contributed by atoms with Gasteiger partial charge < -0.3 is 34.3 Å². The van der Waals surface area contributed by atoms with Crippen LogP contribution in [0.5, 0.6) is 0 Å². The van der Waals surface area contributed by atoms with E-state index >= 15 is 0 Å². The lowest BCUT2D eigenvalue weighted by molar-refractivity contribution is -0.301. The summed E-state index contributed by atoms with van der Waals surface area (Å²) < 4.78 is 59.1. The van der Waals surface area contributed by atoms with Crippen LogP contribution in [-0.2, 0) is 38.3 Å². The van der Waals surface area contributed by atoms with Crippen molar-refractivity contribution >= 4 is 16.4 Å². The summed E-state index contributed by atoms with van der Waals surface area (Å²) in [4.78, 5) is 12.9. The average molecular weight is 949 g/mol. The first kappa shape index (κ1) is 61.0. The smallest absolute Gasteiger partial charge is 0.397 e. The van der Waals surface area contributed by atoms with E-state index in [1.165, 1.54) is 64.2 Å². The molecular formula is C53H88O12S. The third-order valence-corrected chi connectivity index (χ3v) is 11.2. The van der Waals surface area contributed by atoms with Crippen molar-refractivity contribution in [1.29, 1.82) is 0 Å². The van der Waals surface area contributed by atoms with Gasteiger partial charge in [-0.15, -0.1) is 0 Å². The zero-order valence-corrected chi connectivity index (χ0v) is 41.3. The second-order valence-electron chi connectivity index (χ2n) is 16.7. The summed E-state index contributed by atoms with van der Waals surface area (Å²) in [6.45, 7) is 3.62. The monoisotopic (exact) mass is 949 g/mol. The molecule has 0 radical (unpaired) electrons. The first-order valence-corrected chi connectivity index (χ1v) is 26.4. The molecule has 12 nitrogen and oxygen atoms in total. The van der Waals surface area contributed by atoms with E-state index in [0.717, 1.165) is 70.6 Å². The highest BCUT2D eigenvalue weighted by Gasteiger charge is 2.48. The molecule has 66 heavy (non-hydrogen) atoms. The summed E-state index contributed by atoms with van der Waals surface area (Å²) >= 11 is 0. The number of unbranched alkanes of at least 4 members (excludes halogenated alkanes) is 13. The number of allylic oxidation sites excluding steroid dienone is 15. The quantitative estimate of drug-likeness (QED) is 0.0197. The van der Waals surface area contributed by atoms with Gasteiger partial charge in [0.2, 0.25) is 0 Å². The molecule has 1 saturated heterocycles. The molecule has 1 aliphatic rings. The molecular weight excluding hydrogens is 861 g/mol. The van der Waals surface area contributed by atoms with Gasteiger partial charge in [-0.25, -0.2) is 4.18 Å². The molecule has 13 heteroatoms. The molecule has 0 aromatic rings. The molecule has 1 fully saturated rings. The Bertz CT molecular complexity index is 1520. The number of rotatable bonds is 42. The largest absolute Gasteiger partial charge is 0.457 e. The van der Waals surface area contributed by atoms with Crippen molar-refractivity contribution in [1.82, 2.24) is 0 Å². The van der Waals surface area contributed by atoms with E-state index < -0.39 is 59.8 Å². The predicted molar refractivity (Wildman–Crippen MR) is 266 cm³/mol. The Morgan fingerprint density at radius 1 is 0.591 bits per heavy atom. The maximum absolute atomic E-state index is 12.9. The lowest BCUT2D eigenvalue weighted by Gasteiger charge is -2.41. The first-order chi connectivity index (χ1) is 32.1. The molecule has 0 aromatic heterocycles. The van der Waals surface area contributed by atoms with Crippen molar-refractivity contribution in [2.45, 2.75) is 205 Å². The number of aliphatic hydroxyl groups is 3. The third kappa shape index (κ3) is 36.1. The topological polar surface area (TPSA) is 178 Å². The fourth-order valence-electron chi connectivity index (χ4n) is 6.98. The van der Waals surface area contributed by atoms with Crippen LogP contribution in [-0.4, -0.2) is 97.5 Å². The minimum absolute atomic E-state index is 0.0275. The normalized spacial score (nSPS) is 20.4. The maximum atomic E-state index is 12.9. The molecule has 6 unspecified atom stereocenters. The van der Waals surface area contributed by atoms with Gasteiger partial charge in [0, 0.05) is 6.42 Å². The minimum Gasteiger partial charge on any atom is -0.457 e. The van der Waals surface area contributed by atoms with Crippen molar-refractivity contribution in [3.63, 3.8) is 0 Å². The van der Waals surface area contributed by atoms with Crippen LogP contribution in [0.1, 0.15) is 168 Å². The van der Waals surface area contributed by atoms with E-state index in [0.29, 0.717) is 19.4 Å². The number of hydrogen-bond donors (Lipinski definition) is 4. The molecule has 1 aliphatic heterocycles. The number of carbonyl (C=O) groups excluding carboxylic acids is 1. The van der Waals surface area contributed by atoms with E-state index in [9.17, 15) is 33.1 Å². The highest BCUT2D eigenvalue weighted by molar-refractivity contribution is 7.80. The molecule has 0 aromatic carbocycles. The lowest BCUT2D eigenvalue weighted by atomic mass is 9.99. The Labute approximate surface area is 399 Å². The SMILES string of the molecule is CC/C=C\C/C=C\C/C=C\C/C=C\C/C=C\CCOCC(COC1OC(CO)C(O)C(OS(=O)(=O)O)C1O)OC(=O)CCCCCCCCCC/C=C\C/C=C\C/C=C\CCCCCCC. The number of hydrogen-bond acceptors (Lipinski definition) is 11. The van der Waals surface area contributed by atoms with E-state index in [-0.39, 0.29) is 19.6 Å².